The molecule has 0 bridgehead atoms. The molecule has 2 atom stereocenters. The van der Waals surface area contributed by atoms with E-state index in [1.54, 1.807) is 0 Å². The van der Waals surface area contributed by atoms with Crippen molar-refractivity contribution in [3.05, 3.63) is 36.5 Å². The molecule has 2 unspecified atom stereocenters. The summed E-state index contributed by atoms with van der Waals surface area (Å²) in [4.78, 5) is 25.2. The van der Waals surface area contributed by atoms with Crippen LogP contribution in [-0.4, -0.2) is 70.7 Å². The first-order chi connectivity index (χ1) is 32.1. The summed E-state index contributed by atoms with van der Waals surface area (Å²) in [6.07, 6.45) is 61.8. The van der Waals surface area contributed by atoms with Crippen LogP contribution in [0.25, 0.3) is 0 Å². The van der Waals surface area contributed by atoms with Gasteiger partial charge in [0.15, 0.2) is 0 Å². The van der Waals surface area contributed by atoms with E-state index in [9.17, 15) is 14.3 Å². The summed E-state index contributed by atoms with van der Waals surface area (Å²) in [5.41, 5.74) is 0. The first-order valence-corrected chi connectivity index (χ1v) is 29.7. The summed E-state index contributed by atoms with van der Waals surface area (Å²) >= 11 is 0. The monoisotopic (exact) mass is 952 g/mol. The highest BCUT2D eigenvalue weighted by Crippen LogP contribution is 2.38. The maximum absolute atomic E-state index is 12.8. The van der Waals surface area contributed by atoms with Crippen molar-refractivity contribution in [3.8, 4) is 0 Å². The summed E-state index contributed by atoms with van der Waals surface area (Å²) in [6.45, 7) is 5.43. The Balaban J connectivity index is 4.09. The highest BCUT2D eigenvalue weighted by Gasteiger charge is 2.20. The van der Waals surface area contributed by atoms with Crippen molar-refractivity contribution in [2.75, 3.05) is 54.1 Å². The van der Waals surface area contributed by atoms with Crippen LogP contribution in [-0.2, 0) is 27.9 Å². The van der Waals surface area contributed by atoms with Crippen LogP contribution < -0.4 is 4.89 Å². The fourth-order valence-electron chi connectivity index (χ4n) is 8.09. The molecule has 0 heterocycles. The van der Waals surface area contributed by atoms with Crippen LogP contribution in [0.4, 0.5) is 0 Å². The highest BCUT2D eigenvalue weighted by molar-refractivity contribution is 7.45. The summed E-state index contributed by atoms with van der Waals surface area (Å²) in [7, 11) is 1.36. The first kappa shape index (κ1) is 64.7. The quantitative estimate of drug-likeness (QED) is 0.0197. The number of carbonyl (C=O) groups is 1. The fraction of sp³-hybridized carbons (Fsp3) is 0.877. The molecule has 0 radical (unpaired) electrons. The average molecular weight is 952 g/mol. The standard InChI is InChI=1S/C57H110NO7P/c1-6-8-10-12-14-16-18-20-22-24-26-28-30-32-34-36-38-40-42-44-46-48-50-57(59)65-56(55-64-66(60,61)63-53-51-58(3,4)5)54-62-52-49-47-45-43-41-39-37-35-33-31-29-27-25-23-21-19-17-15-13-11-9-7-2/h19,21,25,27,31,33,56H,6-18,20,22-24,26,28-30,32,34-55H2,1-5H3/b21-19-,27-25-,33-31-. The van der Waals surface area contributed by atoms with Gasteiger partial charge in [-0.2, -0.15) is 0 Å². The van der Waals surface area contributed by atoms with E-state index in [-0.39, 0.29) is 25.8 Å². The number of phosphoric acid groups is 1. The van der Waals surface area contributed by atoms with Crippen molar-refractivity contribution < 1.29 is 37.3 Å². The molecule has 0 aromatic heterocycles. The number of quaternary nitrogens is 1. The number of ether oxygens (including phenoxy) is 2. The van der Waals surface area contributed by atoms with Crippen LogP contribution in [0, 0.1) is 0 Å². The Morgan fingerprint density at radius 3 is 1.24 bits per heavy atom. The second kappa shape index (κ2) is 50.1. The number of likely N-dealkylation sites (N-methyl/N-ethyl adjacent to an activating group) is 1. The largest absolute Gasteiger partial charge is 0.756 e. The van der Waals surface area contributed by atoms with Gasteiger partial charge in [0.05, 0.1) is 34.4 Å². The number of hydrogen-bond donors (Lipinski definition) is 0. The Kier molecular flexibility index (Phi) is 49.1. The summed E-state index contributed by atoms with van der Waals surface area (Å²) in [5, 5.41) is 0. The molecule has 0 amide bonds. The lowest BCUT2D eigenvalue weighted by Gasteiger charge is -2.28. The third-order valence-corrected chi connectivity index (χ3v) is 13.4. The van der Waals surface area contributed by atoms with E-state index in [2.05, 4.69) is 50.3 Å². The third kappa shape index (κ3) is 53.7. The van der Waals surface area contributed by atoms with E-state index in [1.165, 1.54) is 193 Å². The molecule has 0 saturated heterocycles. The maximum atomic E-state index is 12.8. The van der Waals surface area contributed by atoms with Crippen molar-refractivity contribution in [3.63, 3.8) is 0 Å². The third-order valence-electron chi connectivity index (χ3n) is 12.4. The number of hydrogen-bond acceptors (Lipinski definition) is 7. The van der Waals surface area contributed by atoms with Gasteiger partial charge in [0.2, 0.25) is 0 Å². The van der Waals surface area contributed by atoms with Crippen molar-refractivity contribution in [2.45, 2.75) is 270 Å². The smallest absolute Gasteiger partial charge is 0.306 e. The molecule has 0 saturated carbocycles. The van der Waals surface area contributed by atoms with Crippen molar-refractivity contribution >= 4 is 13.8 Å². The van der Waals surface area contributed by atoms with Crippen LogP contribution in [0.3, 0.4) is 0 Å². The Morgan fingerprint density at radius 2 is 0.833 bits per heavy atom. The zero-order valence-electron chi connectivity index (χ0n) is 44.4. The van der Waals surface area contributed by atoms with Crippen LogP contribution >= 0.6 is 7.82 Å². The van der Waals surface area contributed by atoms with Gasteiger partial charge in [-0.3, -0.25) is 9.36 Å². The molecular weight excluding hydrogens is 842 g/mol. The van der Waals surface area contributed by atoms with Crippen LogP contribution in [0.5, 0.6) is 0 Å². The Hall–Kier alpha value is -1.28. The molecule has 0 aromatic carbocycles. The topological polar surface area (TPSA) is 94.1 Å². The number of esters is 1. The number of rotatable bonds is 53. The second-order valence-corrected chi connectivity index (χ2v) is 21.7. The van der Waals surface area contributed by atoms with Gasteiger partial charge in [0.1, 0.15) is 19.3 Å². The van der Waals surface area contributed by atoms with Crippen LogP contribution in [0.15, 0.2) is 36.5 Å². The van der Waals surface area contributed by atoms with Crippen LogP contribution in [0.1, 0.15) is 264 Å². The number of unbranched alkanes of at least 4 members (excludes halogenated alkanes) is 33. The number of carbonyl (C=O) groups excluding carboxylic acids is 1. The zero-order chi connectivity index (χ0) is 48.3. The van der Waals surface area contributed by atoms with Gasteiger partial charge in [0.25, 0.3) is 7.82 Å². The van der Waals surface area contributed by atoms with Crippen LogP contribution in [0.2, 0.25) is 0 Å². The normalized spacial score (nSPS) is 13.7. The van der Waals surface area contributed by atoms with Crippen molar-refractivity contribution in [1.82, 2.24) is 0 Å². The zero-order valence-corrected chi connectivity index (χ0v) is 45.3. The molecule has 0 N–H and O–H groups in total. The lowest BCUT2D eigenvalue weighted by molar-refractivity contribution is -0.870. The van der Waals surface area contributed by atoms with E-state index in [1.807, 2.05) is 21.1 Å². The Morgan fingerprint density at radius 1 is 0.470 bits per heavy atom. The molecule has 66 heavy (non-hydrogen) atoms. The Bertz CT molecular complexity index is 1150. The van der Waals surface area contributed by atoms with E-state index < -0.39 is 13.9 Å². The van der Waals surface area contributed by atoms with Gasteiger partial charge in [-0.15, -0.1) is 0 Å². The SMILES string of the molecule is CCCCCCC/C=C\C/C=C\C/C=C\CCCCCCCCCOCC(COP(=O)([O-])OCC[N+](C)(C)C)OC(=O)CCCCCCCCCCCCCCCCCCCCCCCC. The summed E-state index contributed by atoms with van der Waals surface area (Å²) in [6, 6.07) is 0. The molecular formula is C57H110NO7P. The van der Waals surface area contributed by atoms with Gasteiger partial charge in [0, 0.05) is 13.0 Å². The van der Waals surface area contributed by atoms with Crippen molar-refractivity contribution in [1.29, 1.82) is 0 Å². The fourth-order valence-corrected chi connectivity index (χ4v) is 8.81. The number of allylic oxidation sites excluding steroid dienone is 6. The molecule has 0 fully saturated rings. The van der Waals surface area contributed by atoms with Gasteiger partial charge in [-0.1, -0.05) is 243 Å². The van der Waals surface area contributed by atoms with Gasteiger partial charge in [-0.05, 0) is 51.4 Å². The predicted molar refractivity (Wildman–Crippen MR) is 282 cm³/mol. The van der Waals surface area contributed by atoms with E-state index in [0.29, 0.717) is 24.1 Å². The first-order valence-electron chi connectivity index (χ1n) is 28.2. The molecule has 8 nitrogen and oxygen atoms in total. The molecule has 0 aliphatic rings. The van der Waals surface area contributed by atoms with Gasteiger partial charge in [-0.25, -0.2) is 0 Å². The second-order valence-electron chi connectivity index (χ2n) is 20.3. The predicted octanol–water partition coefficient (Wildman–Crippen LogP) is 17.0. The lowest BCUT2D eigenvalue weighted by atomic mass is 10.0. The molecule has 0 aliphatic carbocycles. The molecule has 0 spiro atoms. The number of phosphoric ester groups is 1. The van der Waals surface area contributed by atoms with Gasteiger partial charge < -0.3 is 27.9 Å². The van der Waals surface area contributed by atoms with Gasteiger partial charge >= 0.3 is 5.97 Å². The minimum Gasteiger partial charge on any atom is -0.756 e. The lowest BCUT2D eigenvalue weighted by Crippen LogP contribution is -2.37. The minimum atomic E-state index is -4.53. The minimum absolute atomic E-state index is 0.0252. The molecule has 0 aromatic rings. The molecule has 390 valence electrons. The van der Waals surface area contributed by atoms with E-state index in [0.717, 1.165) is 51.4 Å². The Labute approximate surface area is 410 Å². The highest BCUT2D eigenvalue weighted by atomic mass is 31.2. The molecule has 9 heteroatoms. The molecule has 0 rings (SSSR count). The van der Waals surface area contributed by atoms with E-state index in [4.69, 9.17) is 18.5 Å². The summed E-state index contributed by atoms with van der Waals surface area (Å²) in [5.74, 6) is -0.332. The average Bonchev–Trinajstić information content (AvgIpc) is 3.28. The van der Waals surface area contributed by atoms with E-state index >= 15 is 0 Å². The van der Waals surface area contributed by atoms with Crippen molar-refractivity contribution in [2.24, 2.45) is 0 Å². The number of nitrogens with zero attached hydrogens (tertiary/aromatic N) is 1. The molecule has 0 aliphatic heterocycles. The maximum Gasteiger partial charge on any atom is 0.306 e. The summed E-state index contributed by atoms with van der Waals surface area (Å²) < 4.78 is 34.8.